The third-order valence-electron chi connectivity index (χ3n) is 12.1. The maximum atomic E-state index is 13.5. The second-order valence-corrected chi connectivity index (χ2v) is 16.1. The van der Waals surface area contributed by atoms with Gasteiger partial charge in [-0.05, 0) is 86.6 Å². The third kappa shape index (κ3) is 8.23. The summed E-state index contributed by atoms with van der Waals surface area (Å²) in [6.45, 7) is 0.584. The van der Waals surface area contributed by atoms with Gasteiger partial charge in [-0.15, -0.1) is 0 Å². The number of carbonyl (C=O) groups excluding carboxylic acids is 6. The van der Waals surface area contributed by atoms with Crippen molar-refractivity contribution in [1.29, 1.82) is 0 Å². The van der Waals surface area contributed by atoms with Crippen LogP contribution >= 0.6 is 0 Å². The average Bonchev–Trinajstić information content (AvgIpc) is 3.86. The van der Waals surface area contributed by atoms with Crippen LogP contribution in [-0.2, 0) is 16.0 Å². The van der Waals surface area contributed by atoms with E-state index in [2.05, 4.69) is 25.8 Å². The lowest BCUT2D eigenvalue weighted by atomic mass is 9.97. The monoisotopic (exact) mass is 810 g/mol. The summed E-state index contributed by atoms with van der Waals surface area (Å²) >= 11 is 0. The molecule has 0 radical (unpaired) electrons. The molecule has 8 rings (SSSR count). The molecule has 1 saturated heterocycles. The fourth-order valence-electron chi connectivity index (χ4n) is 8.90. The quantitative estimate of drug-likeness (QED) is 0.0839. The Morgan fingerprint density at radius 1 is 0.750 bits per heavy atom. The molecule has 3 aliphatic heterocycles. The van der Waals surface area contributed by atoms with Crippen molar-refractivity contribution >= 4 is 64.3 Å². The molecule has 60 heavy (non-hydrogen) atoms. The molecule has 1 aromatic heterocycles. The van der Waals surface area contributed by atoms with Gasteiger partial charge in [-0.25, -0.2) is 4.98 Å². The number of nitrogens with zero attached hydrogens (tertiary/aromatic N) is 5. The molecule has 2 fully saturated rings. The lowest BCUT2D eigenvalue weighted by Gasteiger charge is -2.31. The maximum Gasteiger partial charge on any atom is 0.262 e. The molecular formula is C46H50N8O6. The number of anilines is 5. The number of fused-ring (bicyclic) bond motifs is 3. The Morgan fingerprint density at radius 2 is 1.47 bits per heavy atom. The molecule has 0 bridgehead atoms. The number of hydrogen-bond acceptors (Lipinski definition) is 10. The van der Waals surface area contributed by atoms with Gasteiger partial charge < -0.3 is 20.4 Å². The summed E-state index contributed by atoms with van der Waals surface area (Å²) in [5, 5.41) is 8.56. The third-order valence-corrected chi connectivity index (χ3v) is 12.1. The predicted octanol–water partition coefficient (Wildman–Crippen LogP) is 7.00. The number of piperidine rings is 1. The molecule has 4 aromatic rings. The number of unbranched alkanes of at least 4 members (excludes halogenated alkanes) is 6. The van der Waals surface area contributed by atoms with Crippen LogP contribution in [0.1, 0.15) is 130 Å². The van der Waals surface area contributed by atoms with Gasteiger partial charge in [-0.1, -0.05) is 69.2 Å². The minimum absolute atomic E-state index is 0.0908. The highest BCUT2D eigenvalue weighted by Gasteiger charge is 2.45. The smallest absolute Gasteiger partial charge is 0.262 e. The van der Waals surface area contributed by atoms with Gasteiger partial charge in [0.1, 0.15) is 11.7 Å². The average molecular weight is 811 g/mol. The fourth-order valence-corrected chi connectivity index (χ4v) is 8.90. The Balaban J connectivity index is 0.760. The second kappa shape index (κ2) is 17.8. The van der Waals surface area contributed by atoms with E-state index >= 15 is 0 Å². The number of aryl methyl sites for hydroxylation is 1. The van der Waals surface area contributed by atoms with Gasteiger partial charge in [0.25, 0.3) is 23.6 Å². The minimum Gasteiger partial charge on any atom is -0.352 e. The first-order valence-corrected chi connectivity index (χ1v) is 21.2. The van der Waals surface area contributed by atoms with E-state index in [1.165, 1.54) is 0 Å². The summed E-state index contributed by atoms with van der Waals surface area (Å²) in [6.07, 6.45) is 13.8. The number of benzene rings is 3. The van der Waals surface area contributed by atoms with Crippen LogP contribution in [-0.4, -0.2) is 76.0 Å². The normalized spacial score (nSPS) is 17.6. The molecule has 0 spiro atoms. The maximum absolute atomic E-state index is 13.5. The van der Waals surface area contributed by atoms with E-state index in [-0.39, 0.29) is 30.7 Å². The van der Waals surface area contributed by atoms with Crippen molar-refractivity contribution in [1.82, 2.24) is 25.5 Å². The van der Waals surface area contributed by atoms with Crippen LogP contribution in [0.3, 0.4) is 0 Å². The number of amides is 6. The number of rotatable bonds is 15. The molecule has 4 aliphatic rings. The Bertz CT molecular complexity index is 2320. The lowest BCUT2D eigenvalue weighted by Crippen LogP contribution is -2.54. The number of nitrogens with one attached hydrogen (secondary N) is 3. The molecule has 1 atom stereocenters. The standard InChI is InChI=1S/C46H50N8O6/c1-52-37-28-48-46(51-40(37)53(32-16-8-9-17-32)35-20-11-10-18-33(35)43(52)58)49-31-23-21-30(22-24-31)41(56)47-27-12-6-4-2-3-5-7-14-29-15-13-19-34-39(29)45(60)54(44(34)59)36-25-26-38(55)50-42(36)57/h10-11,13,15,18-24,28,32,36H,2-9,12,14,16-17,25-27H2,1H3,(H,47,56)(H,48,49,51)(H,50,55,57). The molecule has 310 valence electrons. The van der Waals surface area contributed by atoms with E-state index in [1.54, 1.807) is 42.4 Å². The summed E-state index contributed by atoms with van der Waals surface area (Å²) in [5.74, 6) is -1.05. The zero-order chi connectivity index (χ0) is 41.8. The molecule has 3 N–H and O–H groups in total. The van der Waals surface area contributed by atoms with Crippen molar-refractivity contribution in [2.75, 3.05) is 28.7 Å². The number of hydrogen-bond donors (Lipinski definition) is 3. The van der Waals surface area contributed by atoms with Crippen LogP contribution in [0.5, 0.6) is 0 Å². The molecule has 1 saturated carbocycles. The van der Waals surface area contributed by atoms with Crippen LogP contribution in [0, 0.1) is 0 Å². The van der Waals surface area contributed by atoms with Crippen LogP contribution < -0.4 is 25.8 Å². The fraction of sp³-hybridized carbons (Fsp3) is 0.391. The van der Waals surface area contributed by atoms with Crippen molar-refractivity contribution in [3.63, 3.8) is 0 Å². The topological polar surface area (TPSA) is 174 Å². The van der Waals surface area contributed by atoms with Crippen molar-refractivity contribution in [3.05, 3.63) is 101 Å². The number of imide groups is 2. The van der Waals surface area contributed by atoms with Gasteiger partial charge in [-0.2, -0.15) is 4.98 Å². The van der Waals surface area contributed by atoms with E-state index in [0.717, 1.165) is 92.5 Å². The number of para-hydroxylation sites is 1. The van der Waals surface area contributed by atoms with Crippen LogP contribution in [0.4, 0.5) is 28.8 Å². The highest BCUT2D eigenvalue weighted by molar-refractivity contribution is 6.24. The highest BCUT2D eigenvalue weighted by atomic mass is 16.2. The predicted molar refractivity (Wildman–Crippen MR) is 227 cm³/mol. The molecule has 1 aliphatic carbocycles. The summed E-state index contributed by atoms with van der Waals surface area (Å²) in [5.41, 5.74) is 4.98. The number of aromatic nitrogens is 2. The molecule has 14 nitrogen and oxygen atoms in total. The Hall–Kier alpha value is -6.44. The van der Waals surface area contributed by atoms with Gasteiger partial charge in [0, 0.05) is 37.3 Å². The van der Waals surface area contributed by atoms with Gasteiger partial charge in [0.05, 0.1) is 28.6 Å². The minimum atomic E-state index is -0.967. The molecule has 4 heterocycles. The van der Waals surface area contributed by atoms with Crippen molar-refractivity contribution in [2.24, 2.45) is 0 Å². The van der Waals surface area contributed by atoms with Gasteiger partial charge in [0.2, 0.25) is 17.8 Å². The largest absolute Gasteiger partial charge is 0.352 e. The molecule has 3 aromatic carbocycles. The molecule has 1 unspecified atom stereocenters. The lowest BCUT2D eigenvalue weighted by molar-refractivity contribution is -0.136. The van der Waals surface area contributed by atoms with Crippen molar-refractivity contribution in [2.45, 2.75) is 102 Å². The zero-order valence-corrected chi connectivity index (χ0v) is 33.9. The van der Waals surface area contributed by atoms with E-state index in [1.807, 2.05) is 42.5 Å². The Kier molecular flexibility index (Phi) is 12.0. The first kappa shape index (κ1) is 40.3. The van der Waals surface area contributed by atoms with Crippen molar-refractivity contribution in [3.8, 4) is 0 Å². The summed E-state index contributed by atoms with van der Waals surface area (Å²) in [4.78, 5) is 91.2. The van der Waals surface area contributed by atoms with Crippen LogP contribution in [0.25, 0.3) is 0 Å². The first-order chi connectivity index (χ1) is 29.2. The molecular weight excluding hydrogens is 761 g/mol. The summed E-state index contributed by atoms with van der Waals surface area (Å²) < 4.78 is 0. The molecule has 14 heteroatoms. The Labute approximate surface area is 349 Å². The second-order valence-electron chi connectivity index (χ2n) is 16.1. The highest BCUT2D eigenvalue weighted by Crippen LogP contribution is 2.43. The van der Waals surface area contributed by atoms with Gasteiger partial charge in [0.15, 0.2) is 5.82 Å². The van der Waals surface area contributed by atoms with Gasteiger partial charge >= 0.3 is 0 Å². The Morgan fingerprint density at radius 3 is 2.23 bits per heavy atom. The SMILES string of the molecule is CN1C(=O)c2ccccc2N(C2CCCC2)c2nc(Nc3ccc(C(=O)NCCCCCCCCCc4cccc5c4C(=O)N(C4CCC(=O)NC4=O)C5=O)cc3)ncc21. The zero-order valence-electron chi connectivity index (χ0n) is 33.9. The summed E-state index contributed by atoms with van der Waals surface area (Å²) in [7, 11) is 1.76. The number of carbonyl (C=O) groups is 6. The van der Waals surface area contributed by atoms with E-state index in [0.29, 0.717) is 52.7 Å². The van der Waals surface area contributed by atoms with Crippen LogP contribution in [0.15, 0.2) is 72.9 Å². The van der Waals surface area contributed by atoms with E-state index in [9.17, 15) is 28.8 Å². The van der Waals surface area contributed by atoms with Gasteiger partial charge in [-0.3, -0.25) is 39.0 Å². The van der Waals surface area contributed by atoms with Crippen molar-refractivity contribution < 1.29 is 28.8 Å². The van der Waals surface area contributed by atoms with Crippen LogP contribution in [0.2, 0.25) is 0 Å². The van der Waals surface area contributed by atoms with E-state index < -0.39 is 29.7 Å². The first-order valence-electron chi connectivity index (χ1n) is 21.2. The molecule has 6 amide bonds. The van der Waals surface area contributed by atoms with E-state index in [4.69, 9.17) is 4.98 Å². The summed E-state index contributed by atoms with van der Waals surface area (Å²) in [6, 6.07) is 19.5.